The van der Waals surface area contributed by atoms with E-state index in [9.17, 15) is 18.0 Å². The van der Waals surface area contributed by atoms with Gasteiger partial charge in [0.25, 0.3) is 0 Å². The molecule has 0 spiro atoms. The second-order valence-corrected chi connectivity index (χ2v) is 9.73. The zero-order valence-electron chi connectivity index (χ0n) is 18.7. The van der Waals surface area contributed by atoms with E-state index < -0.39 is 16.0 Å². The Balaban J connectivity index is 1.84. The lowest BCUT2D eigenvalue weighted by atomic mass is 10.1. The minimum Gasteiger partial charge on any atom is -0.493 e. The van der Waals surface area contributed by atoms with Crippen LogP contribution in [-0.2, 0) is 24.3 Å². The highest BCUT2D eigenvalue weighted by atomic mass is 32.2. The summed E-state index contributed by atoms with van der Waals surface area (Å²) in [5, 5.41) is 0. The predicted molar refractivity (Wildman–Crippen MR) is 118 cm³/mol. The van der Waals surface area contributed by atoms with Gasteiger partial charge in [-0.3, -0.25) is 4.79 Å². The number of amides is 1. The summed E-state index contributed by atoms with van der Waals surface area (Å²) in [6.07, 6.45) is 6.64. The number of piperazine rings is 1. The lowest BCUT2D eigenvalue weighted by Crippen LogP contribution is -2.51. The van der Waals surface area contributed by atoms with Crippen molar-refractivity contribution >= 4 is 28.0 Å². The van der Waals surface area contributed by atoms with Gasteiger partial charge in [-0.15, -0.1) is 0 Å². The number of esters is 1. The molecule has 0 radical (unpaired) electrons. The van der Waals surface area contributed by atoms with Crippen LogP contribution in [0.3, 0.4) is 0 Å². The Bertz CT molecular complexity index is 976. The molecule has 2 aliphatic rings. The molecule has 1 amide bonds. The van der Waals surface area contributed by atoms with Crippen LogP contribution in [0.5, 0.6) is 11.5 Å². The van der Waals surface area contributed by atoms with Crippen molar-refractivity contribution in [1.29, 1.82) is 0 Å². The van der Waals surface area contributed by atoms with E-state index in [0.717, 1.165) is 25.7 Å². The predicted octanol–water partition coefficient (Wildman–Crippen LogP) is 1.91. The van der Waals surface area contributed by atoms with Gasteiger partial charge in [-0.2, -0.15) is 4.31 Å². The fourth-order valence-corrected chi connectivity index (χ4v) is 5.81. The smallest absolute Gasteiger partial charge is 0.330 e. The van der Waals surface area contributed by atoms with Gasteiger partial charge < -0.3 is 19.1 Å². The van der Waals surface area contributed by atoms with Gasteiger partial charge in [0.15, 0.2) is 11.5 Å². The van der Waals surface area contributed by atoms with Crippen molar-refractivity contribution in [3.8, 4) is 11.5 Å². The Hall–Kier alpha value is -2.59. The topological polar surface area (TPSA) is 102 Å². The molecular formula is C22H30N2O7S. The molecule has 2 fully saturated rings. The van der Waals surface area contributed by atoms with Crippen LogP contribution in [0.2, 0.25) is 0 Å². The SMILES string of the molecule is COC(=O)/C=C/c1cc(OC)c(OC)c(S(=O)(=O)N2CCN(C(=O)C3CCCC3)CC2)c1. The summed E-state index contributed by atoms with van der Waals surface area (Å²) in [5.74, 6) is -0.0397. The lowest BCUT2D eigenvalue weighted by Gasteiger charge is -2.35. The highest BCUT2D eigenvalue weighted by Gasteiger charge is 2.35. The van der Waals surface area contributed by atoms with E-state index in [1.807, 2.05) is 0 Å². The molecule has 1 heterocycles. The van der Waals surface area contributed by atoms with E-state index in [0.29, 0.717) is 18.7 Å². The van der Waals surface area contributed by atoms with Crippen molar-refractivity contribution in [2.45, 2.75) is 30.6 Å². The Morgan fingerprint density at radius 1 is 1.00 bits per heavy atom. The fourth-order valence-electron chi connectivity index (χ4n) is 4.19. The number of hydrogen-bond acceptors (Lipinski definition) is 7. The molecule has 3 rings (SSSR count). The van der Waals surface area contributed by atoms with Gasteiger partial charge in [-0.25, -0.2) is 13.2 Å². The monoisotopic (exact) mass is 466 g/mol. The first kappa shape index (κ1) is 24.1. The van der Waals surface area contributed by atoms with Crippen LogP contribution in [0, 0.1) is 5.92 Å². The number of carbonyl (C=O) groups excluding carboxylic acids is 2. The standard InChI is InChI=1S/C22H30N2O7S/c1-29-18-14-16(8-9-20(25)30-2)15-19(21(18)31-3)32(27,28)24-12-10-23(11-13-24)22(26)17-6-4-5-7-17/h8-9,14-15,17H,4-7,10-13H2,1-3H3/b9-8+. The first-order chi connectivity index (χ1) is 15.3. The van der Waals surface area contributed by atoms with Gasteiger partial charge in [0.1, 0.15) is 4.90 Å². The summed E-state index contributed by atoms with van der Waals surface area (Å²) < 4.78 is 43.6. The molecule has 1 saturated heterocycles. The maximum absolute atomic E-state index is 13.5. The fraction of sp³-hybridized carbons (Fsp3) is 0.545. The van der Waals surface area contributed by atoms with Crippen molar-refractivity contribution in [1.82, 2.24) is 9.21 Å². The number of sulfonamides is 1. The van der Waals surface area contributed by atoms with Gasteiger partial charge in [0.2, 0.25) is 15.9 Å². The summed E-state index contributed by atoms with van der Waals surface area (Å²) >= 11 is 0. The average Bonchev–Trinajstić information content (AvgIpc) is 3.36. The Morgan fingerprint density at radius 3 is 2.22 bits per heavy atom. The van der Waals surface area contributed by atoms with Gasteiger partial charge in [-0.05, 0) is 36.6 Å². The quantitative estimate of drug-likeness (QED) is 0.447. The molecule has 1 saturated carbocycles. The first-order valence-corrected chi connectivity index (χ1v) is 12.1. The highest BCUT2D eigenvalue weighted by Crippen LogP contribution is 2.38. The highest BCUT2D eigenvalue weighted by molar-refractivity contribution is 7.89. The molecule has 1 aliphatic carbocycles. The van der Waals surface area contributed by atoms with Crippen molar-refractivity contribution in [3.05, 3.63) is 23.8 Å². The number of benzene rings is 1. The lowest BCUT2D eigenvalue weighted by molar-refractivity contribution is -0.136. The minimum atomic E-state index is -3.93. The molecule has 0 bridgehead atoms. The molecule has 0 unspecified atom stereocenters. The van der Waals surface area contributed by atoms with Gasteiger partial charge >= 0.3 is 5.97 Å². The van der Waals surface area contributed by atoms with E-state index in [1.54, 1.807) is 11.0 Å². The number of methoxy groups -OCH3 is 3. The van der Waals surface area contributed by atoms with Crippen LogP contribution in [0.25, 0.3) is 6.08 Å². The van der Waals surface area contributed by atoms with Crippen LogP contribution < -0.4 is 9.47 Å². The number of ether oxygens (including phenoxy) is 3. The summed E-state index contributed by atoms with van der Waals surface area (Å²) in [6.45, 7) is 1.12. The van der Waals surface area contributed by atoms with Crippen LogP contribution in [0.15, 0.2) is 23.1 Å². The summed E-state index contributed by atoms with van der Waals surface area (Å²) in [5.41, 5.74) is 0.446. The third-order valence-electron chi connectivity index (χ3n) is 5.95. The largest absolute Gasteiger partial charge is 0.493 e. The normalized spacial score (nSPS) is 18.2. The number of hydrogen-bond donors (Lipinski definition) is 0. The van der Waals surface area contributed by atoms with Crippen molar-refractivity contribution < 1.29 is 32.2 Å². The molecule has 1 aliphatic heterocycles. The zero-order valence-corrected chi connectivity index (χ0v) is 19.5. The second kappa shape index (κ2) is 10.4. The summed E-state index contributed by atoms with van der Waals surface area (Å²) in [4.78, 5) is 25.8. The van der Waals surface area contributed by atoms with Gasteiger partial charge in [0.05, 0.1) is 21.3 Å². The molecule has 176 valence electrons. The van der Waals surface area contributed by atoms with Crippen molar-refractivity contribution in [3.63, 3.8) is 0 Å². The third-order valence-corrected chi connectivity index (χ3v) is 7.86. The van der Waals surface area contributed by atoms with Crippen LogP contribution in [0.1, 0.15) is 31.2 Å². The molecule has 1 aromatic rings. The summed E-state index contributed by atoms with van der Waals surface area (Å²) in [6, 6.07) is 3.02. The summed E-state index contributed by atoms with van der Waals surface area (Å²) in [7, 11) is 0.113. The maximum Gasteiger partial charge on any atom is 0.330 e. The minimum absolute atomic E-state index is 0.0561. The average molecular weight is 467 g/mol. The number of carbonyl (C=O) groups is 2. The maximum atomic E-state index is 13.5. The number of nitrogens with zero attached hydrogens (tertiary/aromatic N) is 2. The van der Waals surface area contributed by atoms with Crippen LogP contribution in [-0.4, -0.2) is 77.0 Å². The zero-order chi connectivity index (χ0) is 23.3. The molecular weight excluding hydrogens is 436 g/mol. The first-order valence-electron chi connectivity index (χ1n) is 10.6. The Morgan fingerprint density at radius 2 is 1.66 bits per heavy atom. The molecule has 0 atom stereocenters. The Kier molecular flexibility index (Phi) is 7.78. The molecule has 9 nitrogen and oxygen atoms in total. The third kappa shape index (κ3) is 5.07. The van der Waals surface area contributed by atoms with E-state index in [4.69, 9.17) is 9.47 Å². The second-order valence-electron chi connectivity index (χ2n) is 7.82. The van der Waals surface area contributed by atoms with Crippen LogP contribution in [0.4, 0.5) is 0 Å². The van der Waals surface area contributed by atoms with Gasteiger partial charge in [0, 0.05) is 38.2 Å². The van der Waals surface area contributed by atoms with E-state index >= 15 is 0 Å². The molecule has 32 heavy (non-hydrogen) atoms. The molecule has 10 heteroatoms. The van der Waals surface area contributed by atoms with E-state index in [2.05, 4.69) is 4.74 Å². The van der Waals surface area contributed by atoms with Crippen molar-refractivity contribution in [2.75, 3.05) is 47.5 Å². The van der Waals surface area contributed by atoms with Crippen molar-refractivity contribution in [2.24, 2.45) is 5.92 Å². The molecule has 1 aromatic carbocycles. The van der Waals surface area contributed by atoms with Gasteiger partial charge in [-0.1, -0.05) is 12.8 Å². The Labute approximate surface area is 189 Å². The van der Waals surface area contributed by atoms with Crippen LogP contribution >= 0.6 is 0 Å². The van der Waals surface area contributed by atoms with E-state index in [-0.39, 0.29) is 41.3 Å². The molecule has 0 N–H and O–H groups in total. The molecule has 0 aromatic heterocycles. The van der Waals surface area contributed by atoms with E-state index in [1.165, 1.54) is 43.9 Å². The number of rotatable bonds is 7.